The second-order valence-electron chi connectivity index (χ2n) is 5.49. The zero-order valence-electron chi connectivity index (χ0n) is 12.2. The van der Waals surface area contributed by atoms with Gasteiger partial charge in [0.2, 0.25) is 0 Å². The summed E-state index contributed by atoms with van der Waals surface area (Å²) in [6, 6.07) is 11.3. The number of carbonyl (C=O) groups excluding carboxylic acids is 1. The maximum Gasteiger partial charge on any atom is 0.274 e. The molecule has 0 radical (unpaired) electrons. The Bertz CT molecular complexity index is 668. The van der Waals surface area contributed by atoms with Gasteiger partial charge < -0.3 is 10.6 Å². The first kappa shape index (κ1) is 14.9. The van der Waals surface area contributed by atoms with E-state index in [4.69, 9.17) is 11.6 Å². The Morgan fingerprint density at radius 3 is 2.73 bits per heavy atom. The molecule has 5 heteroatoms. The molecule has 1 amide bonds. The monoisotopic (exact) mass is 315 g/mol. The number of aromatic nitrogens is 1. The number of hydrogen-bond acceptors (Lipinski definition) is 3. The molecule has 0 atom stereocenters. The highest BCUT2D eigenvalue weighted by Crippen LogP contribution is 2.23. The lowest BCUT2D eigenvalue weighted by Crippen LogP contribution is -2.17. The van der Waals surface area contributed by atoms with Crippen molar-refractivity contribution in [1.29, 1.82) is 0 Å². The number of anilines is 2. The van der Waals surface area contributed by atoms with Crippen molar-refractivity contribution in [2.75, 3.05) is 10.6 Å². The fraction of sp³-hybridized carbons (Fsp3) is 0.294. The SMILES string of the molecule is O=C(Nc1ccccc1Cl)c1cc(NC2CCCC2)ccn1. The van der Waals surface area contributed by atoms with Crippen LogP contribution in [0.15, 0.2) is 42.6 Å². The molecule has 0 saturated heterocycles. The predicted octanol–water partition coefficient (Wildman–Crippen LogP) is 4.34. The van der Waals surface area contributed by atoms with E-state index in [2.05, 4.69) is 15.6 Å². The Morgan fingerprint density at radius 2 is 1.95 bits per heavy atom. The lowest BCUT2D eigenvalue weighted by molar-refractivity contribution is 0.102. The Labute approximate surface area is 134 Å². The highest BCUT2D eigenvalue weighted by atomic mass is 35.5. The maximum absolute atomic E-state index is 12.3. The molecule has 0 spiro atoms. The number of pyridine rings is 1. The van der Waals surface area contributed by atoms with Crippen molar-refractivity contribution < 1.29 is 4.79 Å². The zero-order chi connectivity index (χ0) is 15.4. The molecule has 3 rings (SSSR count). The Hall–Kier alpha value is -2.07. The molecule has 1 fully saturated rings. The minimum Gasteiger partial charge on any atom is -0.382 e. The van der Waals surface area contributed by atoms with Gasteiger partial charge in [0.15, 0.2) is 0 Å². The minimum atomic E-state index is -0.261. The van der Waals surface area contributed by atoms with Gasteiger partial charge in [-0.1, -0.05) is 36.6 Å². The van der Waals surface area contributed by atoms with Gasteiger partial charge in [0.05, 0.1) is 10.7 Å². The molecule has 1 aromatic carbocycles. The molecule has 1 saturated carbocycles. The van der Waals surface area contributed by atoms with Crippen LogP contribution in [0.1, 0.15) is 36.2 Å². The van der Waals surface area contributed by atoms with Gasteiger partial charge in [-0.05, 0) is 37.1 Å². The van der Waals surface area contributed by atoms with E-state index in [1.54, 1.807) is 24.4 Å². The molecule has 1 heterocycles. The number of rotatable bonds is 4. The van der Waals surface area contributed by atoms with Crippen molar-refractivity contribution in [2.24, 2.45) is 0 Å². The molecule has 0 aliphatic heterocycles. The standard InChI is InChI=1S/C17H18ClN3O/c18-14-7-3-4-8-15(14)21-17(22)16-11-13(9-10-19-16)20-12-5-1-2-6-12/h3-4,7-12H,1-2,5-6H2,(H,19,20)(H,21,22). The number of hydrogen-bond donors (Lipinski definition) is 2. The summed E-state index contributed by atoms with van der Waals surface area (Å²) in [5, 5.41) is 6.76. The molecule has 2 N–H and O–H groups in total. The second-order valence-corrected chi connectivity index (χ2v) is 5.90. The third-order valence-corrected chi connectivity index (χ3v) is 4.17. The van der Waals surface area contributed by atoms with Gasteiger partial charge in [-0.25, -0.2) is 0 Å². The number of carbonyl (C=O) groups is 1. The summed E-state index contributed by atoms with van der Waals surface area (Å²) in [6.45, 7) is 0. The number of nitrogens with one attached hydrogen (secondary N) is 2. The van der Waals surface area contributed by atoms with Crippen molar-refractivity contribution in [3.8, 4) is 0 Å². The maximum atomic E-state index is 12.3. The average Bonchev–Trinajstić information content (AvgIpc) is 3.03. The molecule has 1 aromatic heterocycles. The van der Waals surface area contributed by atoms with Gasteiger partial charge in [0.25, 0.3) is 5.91 Å². The molecular formula is C17H18ClN3O. The van der Waals surface area contributed by atoms with Crippen molar-refractivity contribution in [3.63, 3.8) is 0 Å². The topological polar surface area (TPSA) is 54.0 Å². The third kappa shape index (κ3) is 3.57. The highest BCUT2D eigenvalue weighted by Gasteiger charge is 2.15. The van der Waals surface area contributed by atoms with Crippen LogP contribution in [0.2, 0.25) is 5.02 Å². The quantitative estimate of drug-likeness (QED) is 0.882. The first-order valence-corrected chi connectivity index (χ1v) is 7.88. The van der Waals surface area contributed by atoms with Crippen LogP contribution in [0.4, 0.5) is 11.4 Å². The normalized spacial score (nSPS) is 14.8. The smallest absolute Gasteiger partial charge is 0.274 e. The second kappa shape index (κ2) is 6.79. The number of halogens is 1. The molecule has 0 bridgehead atoms. The number of para-hydroxylation sites is 1. The van der Waals surface area contributed by atoms with Gasteiger partial charge in [-0.2, -0.15) is 0 Å². The molecule has 4 nitrogen and oxygen atoms in total. The number of nitrogens with zero attached hydrogens (tertiary/aromatic N) is 1. The van der Waals surface area contributed by atoms with E-state index in [9.17, 15) is 4.79 Å². The molecule has 2 aromatic rings. The van der Waals surface area contributed by atoms with E-state index in [0.29, 0.717) is 22.4 Å². The molecule has 1 aliphatic carbocycles. The Morgan fingerprint density at radius 1 is 1.18 bits per heavy atom. The van der Waals surface area contributed by atoms with Crippen LogP contribution < -0.4 is 10.6 Å². The van der Waals surface area contributed by atoms with Gasteiger partial charge >= 0.3 is 0 Å². The summed E-state index contributed by atoms with van der Waals surface area (Å²) < 4.78 is 0. The molecule has 22 heavy (non-hydrogen) atoms. The summed E-state index contributed by atoms with van der Waals surface area (Å²) in [4.78, 5) is 16.4. The first-order chi connectivity index (χ1) is 10.7. The largest absolute Gasteiger partial charge is 0.382 e. The molecule has 1 aliphatic rings. The summed E-state index contributed by atoms with van der Waals surface area (Å²) in [6.07, 6.45) is 6.55. The van der Waals surface area contributed by atoms with Crippen LogP contribution in [0.3, 0.4) is 0 Å². The summed E-state index contributed by atoms with van der Waals surface area (Å²) >= 11 is 6.05. The van der Waals surface area contributed by atoms with E-state index in [-0.39, 0.29) is 5.91 Å². The average molecular weight is 316 g/mol. The van der Waals surface area contributed by atoms with Crippen LogP contribution in [0.5, 0.6) is 0 Å². The molecule has 0 unspecified atom stereocenters. The first-order valence-electron chi connectivity index (χ1n) is 7.51. The summed E-state index contributed by atoms with van der Waals surface area (Å²) in [5.74, 6) is -0.261. The van der Waals surface area contributed by atoms with Crippen molar-refractivity contribution in [1.82, 2.24) is 4.98 Å². The van der Waals surface area contributed by atoms with Gasteiger partial charge in [-0.15, -0.1) is 0 Å². The van der Waals surface area contributed by atoms with Crippen LogP contribution >= 0.6 is 11.6 Å². The van der Waals surface area contributed by atoms with E-state index in [1.807, 2.05) is 18.2 Å². The lowest BCUT2D eigenvalue weighted by atomic mass is 10.2. The highest BCUT2D eigenvalue weighted by molar-refractivity contribution is 6.33. The summed E-state index contributed by atoms with van der Waals surface area (Å²) in [5.41, 5.74) is 1.90. The van der Waals surface area contributed by atoms with E-state index < -0.39 is 0 Å². The Balaban J connectivity index is 1.71. The number of amides is 1. The zero-order valence-corrected chi connectivity index (χ0v) is 12.9. The van der Waals surface area contributed by atoms with Crippen molar-refractivity contribution in [3.05, 3.63) is 53.3 Å². The van der Waals surface area contributed by atoms with E-state index in [0.717, 1.165) is 5.69 Å². The third-order valence-electron chi connectivity index (χ3n) is 3.84. The van der Waals surface area contributed by atoms with Crippen molar-refractivity contribution in [2.45, 2.75) is 31.7 Å². The van der Waals surface area contributed by atoms with Crippen LogP contribution in [0.25, 0.3) is 0 Å². The van der Waals surface area contributed by atoms with Crippen LogP contribution in [-0.2, 0) is 0 Å². The van der Waals surface area contributed by atoms with Crippen molar-refractivity contribution >= 4 is 28.9 Å². The minimum absolute atomic E-state index is 0.261. The lowest BCUT2D eigenvalue weighted by Gasteiger charge is -2.14. The van der Waals surface area contributed by atoms with Gasteiger partial charge in [0, 0.05) is 17.9 Å². The molecular weight excluding hydrogens is 298 g/mol. The van der Waals surface area contributed by atoms with Gasteiger partial charge in [0.1, 0.15) is 5.69 Å². The fourth-order valence-corrected chi connectivity index (χ4v) is 2.88. The summed E-state index contributed by atoms with van der Waals surface area (Å²) in [7, 11) is 0. The van der Waals surface area contributed by atoms with E-state index in [1.165, 1.54) is 25.7 Å². The fourth-order valence-electron chi connectivity index (χ4n) is 2.70. The van der Waals surface area contributed by atoms with Crippen LogP contribution in [0, 0.1) is 0 Å². The van der Waals surface area contributed by atoms with Gasteiger partial charge in [-0.3, -0.25) is 9.78 Å². The van der Waals surface area contributed by atoms with E-state index >= 15 is 0 Å². The van der Waals surface area contributed by atoms with Crippen LogP contribution in [-0.4, -0.2) is 16.9 Å². The Kier molecular flexibility index (Phi) is 4.59. The molecule has 114 valence electrons. The number of benzene rings is 1. The predicted molar refractivity (Wildman–Crippen MR) is 89.5 cm³/mol.